The summed E-state index contributed by atoms with van der Waals surface area (Å²) < 4.78 is 40.8. The van der Waals surface area contributed by atoms with Crippen molar-refractivity contribution in [3.8, 4) is 17.2 Å². The molecule has 0 spiro atoms. The fourth-order valence-electron chi connectivity index (χ4n) is 2.43. The zero-order valence-corrected chi connectivity index (χ0v) is 16.6. The molecular weight excluding hydrogens is 372 g/mol. The Morgan fingerprint density at radius 3 is 2.07 bits per heavy atom. The molecule has 0 unspecified atom stereocenters. The highest BCUT2D eigenvalue weighted by atomic mass is 32.2. The third kappa shape index (κ3) is 4.43. The monoisotopic (exact) mass is 394 g/mol. The van der Waals surface area contributed by atoms with Gasteiger partial charge in [0.2, 0.25) is 10.0 Å². The molecule has 2 aromatic carbocycles. The number of para-hydroxylation sites is 2. The van der Waals surface area contributed by atoms with Gasteiger partial charge in [0.25, 0.3) is 5.91 Å². The van der Waals surface area contributed by atoms with E-state index in [1.54, 1.807) is 24.3 Å². The van der Waals surface area contributed by atoms with E-state index in [9.17, 15) is 13.2 Å². The van der Waals surface area contributed by atoms with Gasteiger partial charge in [0.05, 0.1) is 44.5 Å². The molecular formula is C18H22N2O6S. The van der Waals surface area contributed by atoms with Gasteiger partial charge in [-0.1, -0.05) is 12.1 Å². The lowest BCUT2D eigenvalue weighted by molar-refractivity contribution is 0.102. The van der Waals surface area contributed by atoms with Crippen LogP contribution >= 0.6 is 0 Å². The van der Waals surface area contributed by atoms with Crippen molar-refractivity contribution in [2.45, 2.75) is 0 Å². The average Bonchev–Trinajstić information content (AvgIpc) is 2.65. The molecule has 0 aromatic heterocycles. The van der Waals surface area contributed by atoms with E-state index in [-0.39, 0.29) is 11.3 Å². The van der Waals surface area contributed by atoms with Crippen LogP contribution in [0.25, 0.3) is 0 Å². The molecule has 2 aromatic rings. The Labute approximate surface area is 158 Å². The Morgan fingerprint density at radius 1 is 0.963 bits per heavy atom. The molecule has 0 aliphatic heterocycles. The van der Waals surface area contributed by atoms with E-state index in [1.807, 2.05) is 0 Å². The standard InChI is InChI=1S/C18H22N2O6S/c1-20(27(5,22)23)14-11-17(26-4)16(25-3)10-12(14)18(21)19-13-8-6-7-9-15(13)24-2/h6-11H,1-5H3,(H,19,21). The van der Waals surface area contributed by atoms with E-state index in [1.165, 1.54) is 40.5 Å². The third-order valence-electron chi connectivity index (χ3n) is 3.94. The molecule has 0 heterocycles. The van der Waals surface area contributed by atoms with Crippen LogP contribution in [0.5, 0.6) is 17.2 Å². The number of anilines is 2. The van der Waals surface area contributed by atoms with Crippen molar-refractivity contribution in [2.75, 3.05) is 44.3 Å². The van der Waals surface area contributed by atoms with Gasteiger partial charge >= 0.3 is 0 Å². The van der Waals surface area contributed by atoms with Crippen molar-refractivity contribution in [1.82, 2.24) is 0 Å². The maximum absolute atomic E-state index is 12.9. The van der Waals surface area contributed by atoms with Crippen LogP contribution in [-0.2, 0) is 10.0 Å². The normalized spacial score (nSPS) is 10.9. The van der Waals surface area contributed by atoms with E-state index in [0.717, 1.165) is 10.6 Å². The molecule has 0 atom stereocenters. The maximum atomic E-state index is 12.9. The van der Waals surface area contributed by atoms with Crippen LogP contribution in [0, 0.1) is 0 Å². The third-order valence-corrected chi connectivity index (χ3v) is 5.13. The molecule has 8 nitrogen and oxygen atoms in total. The number of rotatable bonds is 7. The number of sulfonamides is 1. The predicted octanol–water partition coefficient (Wildman–Crippen LogP) is 2.36. The quantitative estimate of drug-likeness (QED) is 0.775. The number of hydrogen-bond donors (Lipinski definition) is 1. The molecule has 146 valence electrons. The van der Waals surface area contributed by atoms with Crippen LogP contribution in [0.1, 0.15) is 10.4 Å². The number of nitrogens with zero attached hydrogens (tertiary/aromatic N) is 1. The molecule has 0 aliphatic carbocycles. The highest BCUT2D eigenvalue weighted by Gasteiger charge is 2.24. The van der Waals surface area contributed by atoms with Crippen LogP contribution in [0.3, 0.4) is 0 Å². The maximum Gasteiger partial charge on any atom is 0.258 e. The molecule has 27 heavy (non-hydrogen) atoms. The highest BCUT2D eigenvalue weighted by molar-refractivity contribution is 7.92. The fourth-order valence-corrected chi connectivity index (χ4v) is 2.94. The lowest BCUT2D eigenvalue weighted by Gasteiger charge is -2.22. The molecule has 1 amide bonds. The van der Waals surface area contributed by atoms with Crippen LogP contribution in [0.4, 0.5) is 11.4 Å². The summed E-state index contributed by atoms with van der Waals surface area (Å²) in [5.41, 5.74) is 0.710. The van der Waals surface area contributed by atoms with Gasteiger partial charge in [-0.2, -0.15) is 0 Å². The van der Waals surface area contributed by atoms with Gasteiger partial charge in [0, 0.05) is 13.1 Å². The molecule has 0 saturated heterocycles. The predicted molar refractivity (Wildman–Crippen MR) is 104 cm³/mol. The minimum absolute atomic E-state index is 0.103. The number of hydrogen-bond acceptors (Lipinski definition) is 6. The van der Waals surface area contributed by atoms with E-state index in [2.05, 4.69) is 5.32 Å². The Bertz CT molecular complexity index is 943. The first kappa shape index (κ1) is 20.4. The number of amides is 1. The van der Waals surface area contributed by atoms with Crippen molar-refractivity contribution in [2.24, 2.45) is 0 Å². The first-order chi connectivity index (χ1) is 12.7. The van der Waals surface area contributed by atoms with Crippen LogP contribution in [0.15, 0.2) is 36.4 Å². The van der Waals surface area contributed by atoms with Crippen molar-refractivity contribution in [1.29, 1.82) is 0 Å². The van der Waals surface area contributed by atoms with E-state index in [4.69, 9.17) is 14.2 Å². The Balaban J connectivity index is 2.57. The molecule has 0 saturated carbocycles. The summed E-state index contributed by atoms with van der Waals surface area (Å²) in [6.07, 6.45) is 1.05. The number of nitrogens with one attached hydrogen (secondary N) is 1. The van der Waals surface area contributed by atoms with Crippen molar-refractivity contribution in [3.63, 3.8) is 0 Å². The summed E-state index contributed by atoms with van der Waals surface area (Å²) in [5.74, 6) is 0.556. The minimum atomic E-state index is -3.61. The van der Waals surface area contributed by atoms with Crippen molar-refractivity contribution < 1.29 is 27.4 Å². The molecule has 0 aliphatic rings. The second-order valence-electron chi connectivity index (χ2n) is 5.61. The van der Waals surface area contributed by atoms with Crippen LogP contribution in [0.2, 0.25) is 0 Å². The topological polar surface area (TPSA) is 94.2 Å². The molecule has 0 bridgehead atoms. The summed E-state index contributed by atoms with van der Waals surface area (Å²) in [6, 6.07) is 9.77. The molecule has 2 rings (SSSR count). The van der Waals surface area contributed by atoms with Gasteiger partial charge in [0.15, 0.2) is 11.5 Å². The van der Waals surface area contributed by atoms with Crippen molar-refractivity contribution >= 4 is 27.3 Å². The van der Waals surface area contributed by atoms with Crippen LogP contribution in [-0.4, -0.2) is 49.0 Å². The minimum Gasteiger partial charge on any atom is -0.495 e. The molecule has 0 radical (unpaired) electrons. The van der Waals surface area contributed by atoms with Gasteiger partial charge < -0.3 is 19.5 Å². The Morgan fingerprint density at radius 2 is 1.52 bits per heavy atom. The van der Waals surface area contributed by atoms with Gasteiger partial charge in [0.1, 0.15) is 5.75 Å². The summed E-state index contributed by atoms with van der Waals surface area (Å²) in [5, 5.41) is 2.73. The van der Waals surface area contributed by atoms with Gasteiger partial charge in [-0.25, -0.2) is 8.42 Å². The van der Waals surface area contributed by atoms with E-state index >= 15 is 0 Å². The number of carbonyl (C=O) groups is 1. The van der Waals surface area contributed by atoms with Crippen molar-refractivity contribution in [3.05, 3.63) is 42.0 Å². The molecule has 0 fully saturated rings. The SMILES string of the molecule is COc1ccccc1NC(=O)c1cc(OC)c(OC)cc1N(C)S(C)(=O)=O. The second-order valence-corrected chi connectivity index (χ2v) is 7.62. The smallest absolute Gasteiger partial charge is 0.258 e. The first-order valence-corrected chi connectivity index (χ1v) is 9.72. The van der Waals surface area contributed by atoms with E-state index in [0.29, 0.717) is 22.9 Å². The van der Waals surface area contributed by atoms with Gasteiger partial charge in [-0.3, -0.25) is 9.10 Å². The zero-order chi connectivity index (χ0) is 20.2. The van der Waals surface area contributed by atoms with Gasteiger partial charge in [-0.15, -0.1) is 0 Å². The van der Waals surface area contributed by atoms with E-state index < -0.39 is 15.9 Å². The summed E-state index contributed by atoms with van der Waals surface area (Å²) in [4.78, 5) is 12.9. The number of benzene rings is 2. The van der Waals surface area contributed by atoms with Gasteiger partial charge in [-0.05, 0) is 18.2 Å². The largest absolute Gasteiger partial charge is 0.495 e. The zero-order valence-electron chi connectivity index (χ0n) is 15.8. The average molecular weight is 394 g/mol. The molecule has 1 N–H and O–H groups in total. The lowest BCUT2D eigenvalue weighted by Crippen LogP contribution is -2.28. The first-order valence-electron chi connectivity index (χ1n) is 7.87. The molecule has 9 heteroatoms. The van der Waals surface area contributed by atoms with Crippen LogP contribution < -0.4 is 23.8 Å². The summed E-state index contributed by atoms with van der Waals surface area (Å²) in [7, 11) is 2.10. The lowest BCUT2D eigenvalue weighted by atomic mass is 10.1. The number of ether oxygens (including phenoxy) is 3. The second kappa shape index (κ2) is 8.17. The summed E-state index contributed by atoms with van der Waals surface area (Å²) in [6.45, 7) is 0. The fraction of sp³-hybridized carbons (Fsp3) is 0.278. The highest BCUT2D eigenvalue weighted by Crippen LogP contribution is 2.36. The Kier molecular flexibility index (Phi) is 6.17. The Hall–Kier alpha value is -2.94. The summed E-state index contributed by atoms with van der Waals surface area (Å²) >= 11 is 0. The number of methoxy groups -OCH3 is 3. The number of carbonyl (C=O) groups excluding carboxylic acids is 1.